The first-order valence-corrected chi connectivity index (χ1v) is 22.8. The molecule has 4 bridgehead atoms. The van der Waals surface area contributed by atoms with E-state index in [0.29, 0.717) is 11.3 Å². The summed E-state index contributed by atoms with van der Waals surface area (Å²) >= 11 is 0. The highest BCUT2D eigenvalue weighted by Crippen LogP contribution is 2.78. The van der Waals surface area contributed by atoms with Gasteiger partial charge in [0.25, 0.3) is 0 Å². The number of hydrogen-bond acceptors (Lipinski definition) is 0. The molecule has 0 radical (unpaired) electrons. The Morgan fingerprint density at radius 1 is 0.426 bits per heavy atom. The standard InChI is InChI=1S/C52H48P2/c1-51(2,3)53-31-33-21-22-36-15-11-19-42(45(36)29-33)43-20-12-16-37-23-25-38(30-46(37)43)49(53)50-44-28-27-35-14-8-10-18-41(35)48(44)47-39(32-54(50)52(4,5)6)26-24-34-13-7-9-17-40(34)47/h7-30,49-50H,31-32H2,1-6H3/t49-,50-,53+,54+/m0/s1. The molecule has 4 atom stereocenters. The highest BCUT2D eigenvalue weighted by molar-refractivity contribution is 7.63. The van der Waals surface area contributed by atoms with Crippen molar-refractivity contribution in [2.75, 3.05) is 0 Å². The molecule has 0 fully saturated rings. The average Bonchev–Trinajstić information content (AvgIpc) is 3.33. The maximum Gasteiger partial charge on any atom is 0.0164 e. The van der Waals surface area contributed by atoms with Gasteiger partial charge in [0.05, 0.1) is 0 Å². The molecular weight excluding hydrogens is 687 g/mol. The van der Waals surface area contributed by atoms with Gasteiger partial charge in [0.1, 0.15) is 0 Å². The molecule has 54 heavy (non-hydrogen) atoms. The number of rotatable bonds is 1. The zero-order valence-electron chi connectivity index (χ0n) is 32.3. The third-order valence-electron chi connectivity index (χ3n) is 12.4. The van der Waals surface area contributed by atoms with Crippen molar-refractivity contribution in [2.24, 2.45) is 0 Å². The maximum atomic E-state index is 2.65. The van der Waals surface area contributed by atoms with Crippen LogP contribution in [0.5, 0.6) is 0 Å². The van der Waals surface area contributed by atoms with E-state index in [0.717, 1.165) is 12.3 Å². The zero-order valence-corrected chi connectivity index (χ0v) is 34.1. The molecule has 0 unspecified atom stereocenters. The van der Waals surface area contributed by atoms with Crippen molar-refractivity contribution in [3.63, 3.8) is 0 Å². The van der Waals surface area contributed by atoms with Crippen LogP contribution in [0.4, 0.5) is 0 Å². The summed E-state index contributed by atoms with van der Waals surface area (Å²) in [6, 6.07) is 57.1. The molecule has 266 valence electrons. The number of fused-ring (bicyclic) bond motifs is 10. The number of hydrogen-bond donors (Lipinski definition) is 0. The molecule has 0 amide bonds. The molecule has 0 N–H and O–H groups in total. The van der Waals surface area contributed by atoms with E-state index in [4.69, 9.17) is 0 Å². The van der Waals surface area contributed by atoms with Crippen LogP contribution in [0.1, 0.15) is 75.1 Å². The van der Waals surface area contributed by atoms with Crippen molar-refractivity contribution in [2.45, 2.75) is 75.5 Å². The second-order valence-corrected chi connectivity index (χ2v) is 24.0. The van der Waals surface area contributed by atoms with Crippen LogP contribution in [0.15, 0.2) is 146 Å². The quantitative estimate of drug-likeness (QED) is 0.147. The van der Waals surface area contributed by atoms with E-state index >= 15 is 0 Å². The van der Waals surface area contributed by atoms with Gasteiger partial charge < -0.3 is 0 Å². The Morgan fingerprint density at radius 3 is 1.61 bits per heavy atom. The van der Waals surface area contributed by atoms with E-state index in [1.807, 2.05) is 0 Å². The van der Waals surface area contributed by atoms with E-state index in [1.165, 1.54) is 82.0 Å². The van der Waals surface area contributed by atoms with Gasteiger partial charge in [0.2, 0.25) is 0 Å². The smallest absolute Gasteiger partial charge is 0.0164 e. The van der Waals surface area contributed by atoms with Gasteiger partial charge >= 0.3 is 0 Å². The van der Waals surface area contributed by atoms with Crippen LogP contribution in [-0.4, -0.2) is 10.3 Å². The molecular formula is C52H48P2. The minimum absolute atomic E-state index is 0.110. The van der Waals surface area contributed by atoms with Gasteiger partial charge in [0, 0.05) is 11.3 Å². The van der Waals surface area contributed by atoms with Crippen LogP contribution in [0.3, 0.4) is 0 Å². The van der Waals surface area contributed by atoms with E-state index < -0.39 is 15.8 Å². The van der Waals surface area contributed by atoms with E-state index in [-0.39, 0.29) is 10.3 Å². The van der Waals surface area contributed by atoms with Gasteiger partial charge in [-0.25, -0.2) is 0 Å². The van der Waals surface area contributed by atoms with Gasteiger partial charge in [-0.05, 0) is 116 Å². The second kappa shape index (κ2) is 12.6. The molecule has 0 saturated heterocycles. The minimum atomic E-state index is -0.580. The molecule has 2 heteroatoms. The highest BCUT2D eigenvalue weighted by Gasteiger charge is 2.47. The fourth-order valence-corrected chi connectivity index (χ4v) is 17.1. The second-order valence-electron chi connectivity index (χ2n) is 17.7. The third-order valence-corrected chi connectivity index (χ3v) is 20.0. The Bertz CT molecular complexity index is 2780. The molecule has 8 aromatic rings. The summed E-state index contributed by atoms with van der Waals surface area (Å²) in [5.74, 6) is 0. The fraction of sp³-hybridized carbons (Fsp3) is 0.231. The molecule has 2 heterocycles. The SMILES string of the molecule is CC(C)(C)[P@]1Cc2ccc3cccc(c3c2)-c2cccc3ccc(cc23)[C@H]1[C@@H]1c2ccc3ccccc3c2-c2c(ccc3ccccc23)C[P@@]1C(C)(C)C. The van der Waals surface area contributed by atoms with E-state index in [1.54, 1.807) is 5.56 Å². The average molecular weight is 735 g/mol. The predicted octanol–water partition coefficient (Wildman–Crippen LogP) is 16.0. The predicted molar refractivity (Wildman–Crippen MR) is 240 cm³/mol. The zero-order chi connectivity index (χ0) is 36.9. The van der Waals surface area contributed by atoms with Crippen LogP contribution in [-0.2, 0) is 12.3 Å². The molecule has 0 saturated carbocycles. The Hall–Kier alpha value is -4.34. The molecule has 0 aromatic heterocycles. The first kappa shape index (κ1) is 34.2. The molecule has 0 spiro atoms. The van der Waals surface area contributed by atoms with Gasteiger partial charge in [0.15, 0.2) is 0 Å². The van der Waals surface area contributed by atoms with Gasteiger partial charge in [-0.2, -0.15) is 0 Å². The lowest BCUT2D eigenvalue weighted by atomic mass is 9.85. The summed E-state index contributed by atoms with van der Waals surface area (Å²) in [7, 11) is -1.13. The fourth-order valence-electron chi connectivity index (χ4n) is 9.85. The lowest BCUT2D eigenvalue weighted by Crippen LogP contribution is -2.25. The summed E-state index contributed by atoms with van der Waals surface area (Å²) in [5.41, 5.74) is 12.5. The van der Waals surface area contributed by atoms with Crippen molar-refractivity contribution >= 4 is 58.9 Å². The van der Waals surface area contributed by atoms with Crippen molar-refractivity contribution in [3.05, 3.63) is 168 Å². The Labute approximate surface area is 323 Å². The molecule has 2 aliphatic rings. The lowest BCUT2D eigenvalue weighted by molar-refractivity contribution is 0.722. The summed E-state index contributed by atoms with van der Waals surface area (Å²) in [4.78, 5) is 0. The maximum absolute atomic E-state index is 2.65. The summed E-state index contributed by atoms with van der Waals surface area (Å²) in [6.07, 6.45) is 2.22. The summed E-state index contributed by atoms with van der Waals surface area (Å²) in [6.45, 7) is 15.3. The van der Waals surface area contributed by atoms with Crippen molar-refractivity contribution < 1.29 is 0 Å². The van der Waals surface area contributed by atoms with Crippen LogP contribution < -0.4 is 0 Å². The lowest BCUT2D eigenvalue weighted by Gasteiger charge is -2.48. The molecule has 0 nitrogen and oxygen atoms in total. The van der Waals surface area contributed by atoms with Crippen molar-refractivity contribution in [1.29, 1.82) is 0 Å². The van der Waals surface area contributed by atoms with E-state index in [9.17, 15) is 0 Å². The monoisotopic (exact) mass is 734 g/mol. The summed E-state index contributed by atoms with van der Waals surface area (Å²) < 4.78 is 0. The first-order valence-electron chi connectivity index (χ1n) is 19.7. The Morgan fingerprint density at radius 2 is 0.944 bits per heavy atom. The Kier molecular flexibility index (Phi) is 7.97. The van der Waals surface area contributed by atoms with Crippen molar-refractivity contribution in [3.8, 4) is 22.3 Å². The molecule has 8 aromatic carbocycles. The normalized spacial score (nSPS) is 19.9. The first-order chi connectivity index (χ1) is 26.0. The highest BCUT2D eigenvalue weighted by atomic mass is 31.1. The van der Waals surface area contributed by atoms with Crippen LogP contribution in [0.2, 0.25) is 0 Å². The molecule has 10 rings (SSSR count). The van der Waals surface area contributed by atoms with Crippen LogP contribution >= 0.6 is 15.8 Å². The number of benzene rings is 8. The van der Waals surface area contributed by atoms with Crippen LogP contribution in [0.25, 0.3) is 65.3 Å². The van der Waals surface area contributed by atoms with E-state index in [2.05, 4.69) is 187 Å². The molecule has 2 aliphatic heterocycles. The van der Waals surface area contributed by atoms with Crippen molar-refractivity contribution in [1.82, 2.24) is 0 Å². The minimum Gasteiger partial charge on any atom is -0.0880 e. The summed E-state index contributed by atoms with van der Waals surface area (Å²) in [5, 5.41) is 11.1. The topological polar surface area (TPSA) is 0 Å². The molecule has 0 aliphatic carbocycles. The largest absolute Gasteiger partial charge is 0.0880 e. The van der Waals surface area contributed by atoms with Gasteiger partial charge in [-0.3, -0.25) is 0 Å². The van der Waals surface area contributed by atoms with Gasteiger partial charge in [-0.15, -0.1) is 0 Å². The Balaban J connectivity index is 1.35. The van der Waals surface area contributed by atoms with Crippen LogP contribution in [0, 0.1) is 0 Å². The third kappa shape index (κ3) is 5.48. The van der Waals surface area contributed by atoms with Gasteiger partial charge in [-0.1, -0.05) is 197 Å².